The van der Waals surface area contributed by atoms with Crippen LogP contribution in [0.2, 0.25) is 0 Å². The molecule has 0 unspecified atom stereocenters. The van der Waals surface area contributed by atoms with Crippen molar-refractivity contribution in [3.05, 3.63) is 97.1 Å². The number of phenolic OH excluding ortho intramolecular Hbond substituents is 2. The molecular weight excluding hydrogens is 793 g/mol. The molecule has 0 heterocycles. The number of fused-ring (bicyclic) bond motifs is 2. The summed E-state index contributed by atoms with van der Waals surface area (Å²) in [6, 6.07) is 20.5. The van der Waals surface area contributed by atoms with Gasteiger partial charge in [-0.3, -0.25) is 18.2 Å². The van der Waals surface area contributed by atoms with E-state index in [1.807, 2.05) is 0 Å². The van der Waals surface area contributed by atoms with E-state index < -0.39 is 82.9 Å². The van der Waals surface area contributed by atoms with E-state index in [1.54, 1.807) is 24.3 Å². The quantitative estimate of drug-likeness (QED) is 0.0640. The summed E-state index contributed by atoms with van der Waals surface area (Å²) in [5, 5.41) is 37.1. The highest BCUT2D eigenvalue weighted by atomic mass is 32.2. The highest BCUT2D eigenvalue weighted by Crippen LogP contribution is 2.43. The average Bonchev–Trinajstić information content (AvgIpc) is 3.08. The number of benzene rings is 6. The third kappa shape index (κ3) is 7.80. The molecule has 54 heavy (non-hydrogen) atoms. The Hall–Kier alpha value is -5.72. The van der Waals surface area contributed by atoms with Gasteiger partial charge >= 0.3 is 0 Å². The molecule has 6 aromatic carbocycles. The number of azo groups is 2. The summed E-state index contributed by atoms with van der Waals surface area (Å²) >= 11 is 0. The van der Waals surface area contributed by atoms with E-state index in [1.165, 1.54) is 24.3 Å². The van der Waals surface area contributed by atoms with Crippen LogP contribution in [-0.4, -0.2) is 62.1 Å². The third-order valence-corrected chi connectivity index (χ3v) is 11.2. The maximum Gasteiger partial charge on any atom is 0.298 e. The zero-order valence-corrected chi connectivity index (χ0v) is 29.9. The van der Waals surface area contributed by atoms with Crippen LogP contribution in [0.25, 0.3) is 32.7 Å². The van der Waals surface area contributed by atoms with Crippen LogP contribution in [0.4, 0.5) is 22.7 Å². The lowest BCUT2D eigenvalue weighted by Gasteiger charge is -2.10. The molecule has 0 fully saturated rings. The monoisotopic (exact) mass is 814 g/mol. The molecule has 0 aromatic heterocycles. The molecule has 0 aliphatic heterocycles. The van der Waals surface area contributed by atoms with E-state index >= 15 is 0 Å². The van der Waals surface area contributed by atoms with E-state index in [-0.39, 0.29) is 32.9 Å². The van der Waals surface area contributed by atoms with Crippen molar-refractivity contribution in [1.82, 2.24) is 0 Å². The van der Waals surface area contributed by atoms with Gasteiger partial charge in [0.05, 0.1) is 21.2 Å². The first-order valence-electron chi connectivity index (χ1n) is 14.6. The fourth-order valence-corrected chi connectivity index (χ4v) is 7.50. The number of nitrogens with zero attached hydrogens (tertiary/aromatic N) is 4. The average molecular weight is 815 g/mol. The van der Waals surface area contributed by atoms with E-state index in [9.17, 15) is 62.1 Å². The molecule has 6 N–H and O–H groups in total. The fraction of sp³-hybridized carbons (Fsp3) is 0. The van der Waals surface area contributed by atoms with E-state index in [2.05, 4.69) is 20.5 Å². The predicted molar refractivity (Wildman–Crippen MR) is 191 cm³/mol. The number of hydrogen-bond donors (Lipinski definition) is 6. The molecule has 22 heteroatoms. The maximum atomic E-state index is 11.9. The van der Waals surface area contributed by atoms with Crippen LogP contribution in [0.3, 0.4) is 0 Å². The molecule has 6 aromatic rings. The van der Waals surface area contributed by atoms with Crippen molar-refractivity contribution in [3.8, 4) is 22.6 Å². The Bertz CT molecular complexity index is 2840. The lowest BCUT2D eigenvalue weighted by molar-refractivity contribution is 0.443. The van der Waals surface area contributed by atoms with Gasteiger partial charge in [-0.2, -0.15) is 43.9 Å². The summed E-state index contributed by atoms with van der Waals surface area (Å²) in [6.07, 6.45) is 0. The molecule has 278 valence electrons. The van der Waals surface area contributed by atoms with Crippen LogP contribution in [0.15, 0.2) is 137 Å². The van der Waals surface area contributed by atoms with Crippen molar-refractivity contribution < 1.29 is 62.1 Å². The lowest BCUT2D eigenvalue weighted by Crippen LogP contribution is -2.00. The fourth-order valence-electron chi connectivity index (χ4n) is 5.23. The SMILES string of the molecule is O=S(=O)(O)c1ccc2c(N=Nc3ccc(-c4ccc(N=Nc5c(O)c(S(=O)(=O)O)cc6cc(S(=O)(=O)O)ccc56)cc4)cc3)c(O)c(S(=O)(=O)O)cc2c1. The molecule has 0 bridgehead atoms. The smallest absolute Gasteiger partial charge is 0.298 e. The van der Waals surface area contributed by atoms with Gasteiger partial charge in [0.25, 0.3) is 40.5 Å². The minimum Gasteiger partial charge on any atom is -0.504 e. The van der Waals surface area contributed by atoms with Crippen LogP contribution in [0.5, 0.6) is 11.5 Å². The number of phenols is 2. The van der Waals surface area contributed by atoms with Gasteiger partial charge < -0.3 is 10.2 Å². The van der Waals surface area contributed by atoms with Crippen LogP contribution in [0, 0.1) is 0 Å². The van der Waals surface area contributed by atoms with Crippen molar-refractivity contribution in [2.45, 2.75) is 19.6 Å². The number of aromatic hydroxyl groups is 2. The first-order chi connectivity index (χ1) is 25.1. The second kappa shape index (κ2) is 13.6. The van der Waals surface area contributed by atoms with Gasteiger partial charge in [-0.25, -0.2) is 0 Å². The Morgan fingerprint density at radius 3 is 1.02 bits per heavy atom. The zero-order valence-electron chi connectivity index (χ0n) is 26.6. The third-order valence-electron chi connectivity index (χ3n) is 7.80. The Morgan fingerprint density at radius 1 is 0.389 bits per heavy atom. The van der Waals surface area contributed by atoms with E-state index in [0.29, 0.717) is 11.1 Å². The van der Waals surface area contributed by atoms with Crippen LogP contribution >= 0.6 is 0 Å². The van der Waals surface area contributed by atoms with Gasteiger partial charge in [0.2, 0.25) is 0 Å². The standard InChI is InChI=1S/C32H22N4O14S4/c37-31-27(53(45,46)47)15-19-13-23(51(39,40)41)9-11-25(19)29(31)35-33-21-5-1-17(2-6-21)18-3-7-22(8-4-18)34-36-30-26-12-10-24(52(42,43)44)14-20(26)16-28(32(30)38)54(48,49)50/h1-16,37-38H,(H,39,40,41)(H,42,43,44)(H,45,46,47)(H,48,49,50). The van der Waals surface area contributed by atoms with Crippen molar-refractivity contribution in [3.63, 3.8) is 0 Å². The topological polar surface area (TPSA) is 307 Å². The molecule has 0 amide bonds. The number of hydrogen-bond acceptors (Lipinski definition) is 14. The van der Waals surface area contributed by atoms with Gasteiger partial charge in [-0.05, 0) is 82.6 Å². The molecular formula is C32H22N4O14S4. The summed E-state index contributed by atoms with van der Waals surface area (Å²) in [5.74, 6) is -1.91. The molecule has 6 rings (SSSR count). The summed E-state index contributed by atoms with van der Waals surface area (Å²) in [6.45, 7) is 0. The second-order valence-electron chi connectivity index (χ2n) is 11.3. The van der Waals surface area contributed by atoms with Gasteiger partial charge in [0.15, 0.2) is 11.5 Å². The minimum absolute atomic E-state index is 0.0470. The van der Waals surface area contributed by atoms with Gasteiger partial charge in [0, 0.05) is 10.8 Å². The van der Waals surface area contributed by atoms with Crippen LogP contribution in [-0.2, 0) is 40.5 Å². The van der Waals surface area contributed by atoms with Crippen molar-refractivity contribution in [2.75, 3.05) is 0 Å². The van der Waals surface area contributed by atoms with Crippen LogP contribution in [0.1, 0.15) is 0 Å². The maximum absolute atomic E-state index is 11.9. The summed E-state index contributed by atoms with van der Waals surface area (Å²) in [7, 11) is -19.4. The summed E-state index contributed by atoms with van der Waals surface area (Å²) in [5.41, 5.74) is 0.958. The van der Waals surface area contributed by atoms with E-state index in [4.69, 9.17) is 0 Å². The van der Waals surface area contributed by atoms with Gasteiger partial charge in [0.1, 0.15) is 21.2 Å². The Morgan fingerprint density at radius 2 is 0.722 bits per heavy atom. The molecule has 0 saturated carbocycles. The van der Waals surface area contributed by atoms with Gasteiger partial charge in [-0.1, -0.05) is 36.4 Å². The predicted octanol–water partition coefficient (Wildman–Crippen LogP) is 6.89. The lowest BCUT2D eigenvalue weighted by atomic mass is 10.1. The highest BCUT2D eigenvalue weighted by Gasteiger charge is 2.24. The Kier molecular flexibility index (Phi) is 9.58. The Balaban J connectivity index is 1.28. The van der Waals surface area contributed by atoms with Crippen molar-refractivity contribution in [2.24, 2.45) is 20.5 Å². The highest BCUT2D eigenvalue weighted by molar-refractivity contribution is 7.86. The molecule has 0 aliphatic carbocycles. The number of rotatable bonds is 9. The largest absolute Gasteiger partial charge is 0.504 e. The van der Waals surface area contributed by atoms with E-state index in [0.717, 1.165) is 48.5 Å². The summed E-state index contributed by atoms with van der Waals surface area (Å²) in [4.78, 5) is -3.09. The van der Waals surface area contributed by atoms with Crippen LogP contribution < -0.4 is 0 Å². The molecule has 0 saturated heterocycles. The van der Waals surface area contributed by atoms with Crippen molar-refractivity contribution in [1.29, 1.82) is 0 Å². The Labute approximate surface area is 305 Å². The zero-order chi connectivity index (χ0) is 39.4. The van der Waals surface area contributed by atoms with Crippen molar-refractivity contribution >= 4 is 84.8 Å². The normalized spacial score (nSPS) is 13.0. The first kappa shape index (κ1) is 38.0. The molecule has 18 nitrogen and oxygen atoms in total. The first-order valence-corrected chi connectivity index (χ1v) is 20.4. The molecule has 0 radical (unpaired) electrons. The molecule has 0 atom stereocenters. The minimum atomic E-state index is -5.00. The van der Waals surface area contributed by atoms with Gasteiger partial charge in [-0.15, -0.1) is 10.2 Å². The molecule has 0 aliphatic rings. The second-order valence-corrected chi connectivity index (χ2v) is 16.9. The summed E-state index contributed by atoms with van der Waals surface area (Å²) < 4.78 is 132. The molecule has 0 spiro atoms.